The van der Waals surface area contributed by atoms with E-state index in [2.05, 4.69) is 20.2 Å². The maximum atomic E-state index is 14.5. The van der Waals surface area contributed by atoms with Crippen LogP contribution in [0.15, 0.2) is 30.5 Å². The number of benzene rings is 2. The van der Waals surface area contributed by atoms with Gasteiger partial charge in [-0.25, -0.2) is 18.6 Å². The Balaban J connectivity index is 1.59. The lowest BCUT2D eigenvalue weighted by Crippen LogP contribution is -2.37. The predicted molar refractivity (Wildman–Crippen MR) is 171 cm³/mol. The number of hydrogen-bond acceptors (Lipinski definition) is 11. The van der Waals surface area contributed by atoms with Crippen LogP contribution < -0.4 is 19.9 Å². The van der Waals surface area contributed by atoms with Crippen molar-refractivity contribution in [1.29, 1.82) is 0 Å². The first-order chi connectivity index (χ1) is 21.7. The van der Waals surface area contributed by atoms with E-state index >= 15 is 0 Å². The number of ether oxygens (including phenoxy) is 2. The van der Waals surface area contributed by atoms with Gasteiger partial charge in [0.2, 0.25) is 5.95 Å². The van der Waals surface area contributed by atoms with Gasteiger partial charge in [0, 0.05) is 61.2 Å². The van der Waals surface area contributed by atoms with Crippen LogP contribution in [0, 0.1) is 21.7 Å². The van der Waals surface area contributed by atoms with Gasteiger partial charge < -0.3 is 29.5 Å². The second-order valence-electron chi connectivity index (χ2n) is 12.8. The summed E-state index contributed by atoms with van der Waals surface area (Å²) in [6.07, 6.45) is 2.66. The van der Waals surface area contributed by atoms with E-state index in [4.69, 9.17) is 9.47 Å². The summed E-state index contributed by atoms with van der Waals surface area (Å²) in [5, 5.41) is 15.4. The molecule has 1 fully saturated rings. The molecule has 2 aliphatic rings. The third-order valence-corrected chi connectivity index (χ3v) is 8.20. The molecule has 3 heterocycles. The van der Waals surface area contributed by atoms with Crippen molar-refractivity contribution in [2.45, 2.75) is 58.1 Å². The lowest BCUT2D eigenvalue weighted by molar-refractivity contribution is -0.384. The number of hydrogen-bond donors (Lipinski definition) is 1. The minimum atomic E-state index is -1.04. The van der Waals surface area contributed by atoms with E-state index in [-0.39, 0.29) is 41.3 Å². The van der Waals surface area contributed by atoms with E-state index in [1.54, 1.807) is 24.8 Å². The van der Waals surface area contributed by atoms with Crippen molar-refractivity contribution in [3.8, 4) is 5.75 Å². The van der Waals surface area contributed by atoms with Gasteiger partial charge in [0.1, 0.15) is 17.0 Å². The molecular formula is C32H39F2N7O5. The van der Waals surface area contributed by atoms with Crippen molar-refractivity contribution in [2.75, 3.05) is 56.0 Å². The number of likely N-dealkylation sites (N-methyl/N-ethyl adjacent to an activating group) is 1. The van der Waals surface area contributed by atoms with E-state index in [0.29, 0.717) is 29.2 Å². The average molecular weight is 640 g/mol. The number of nitro groups is 1. The Bertz CT molecular complexity index is 1670. The van der Waals surface area contributed by atoms with Crippen molar-refractivity contribution < 1.29 is 28.0 Å². The molecule has 2 aliphatic heterocycles. The summed E-state index contributed by atoms with van der Waals surface area (Å²) >= 11 is 0. The zero-order valence-corrected chi connectivity index (χ0v) is 27.1. The molecule has 1 saturated heterocycles. The molecule has 0 unspecified atom stereocenters. The van der Waals surface area contributed by atoms with Gasteiger partial charge in [0.05, 0.1) is 23.8 Å². The van der Waals surface area contributed by atoms with Crippen LogP contribution in [0.5, 0.6) is 5.75 Å². The molecule has 0 bridgehead atoms. The fourth-order valence-electron chi connectivity index (χ4n) is 6.20. The van der Waals surface area contributed by atoms with Crippen molar-refractivity contribution in [1.82, 2.24) is 14.9 Å². The highest BCUT2D eigenvalue weighted by molar-refractivity contribution is 5.96. The van der Waals surface area contributed by atoms with Crippen molar-refractivity contribution in [2.24, 2.45) is 0 Å². The normalized spacial score (nSPS) is 17.1. The Morgan fingerprint density at radius 2 is 1.91 bits per heavy atom. The molecule has 1 N–H and O–H groups in total. The van der Waals surface area contributed by atoms with Crippen LogP contribution in [-0.4, -0.2) is 78.7 Å². The standard InChI is InChI=1S/C32H39F2N7O5/c1-18(2)46-30(42)20-15-35-31(37-29(20)40-17-32(3,4)21-11-22(33)23(34)12-25(21)40)36-24-13-27(41(43)44)26(14-28(24)45-7)39-10-8-9-19(39)16-38(5)6/h11-15,18-19H,8-10,16-17H2,1-7H3,(H,35,36,37)/t19-/m1/s1. The summed E-state index contributed by atoms with van der Waals surface area (Å²) in [6.45, 7) is 8.83. The first-order valence-electron chi connectivity index (χ1n) is 15.1. The zero-order chi connectivity index (χ0) is 33.5. The van der Waals surface area contributed by atoms with Gasteiger partial charge in [-0.2, -0.15) is 4.98 Å². The van der Waals surface area contributed by atoms with E-state index in [1.165, 1.54) is 19.4 Å². The minimum absolute atomic E-state index is 0.00283. The largest absolute Gasteiger partial charge is 0.494 e. The van der Waals surface area contributed by atoms with Crippen LogP contribution >= 0.6 is 0 Å². The summed E-state index contributed by atoms with van der Waals surface area (Å²) in [7, 11) is 5.40. The number of rotatable bonds is 10. The van der Waals surface area contributed by atoms with Gasteiger partial charge in [-0.15, -0.1) is 0 Å². The number of esters is 1. The van der Waals surface area contributed by atoms with Gasteiger partial charge in [-0.1, -0.05) is 13.8 Å². The summed E-state index contributed by atoms with van der Waals surface area (Å²) in [4.78, 5) is 39.8. The van der Waals surface area contributed by atoms with E-state index in [9.17, 15) is 23.7 Å². The third-order valence-electron chi connectivity index (χ3n) is 8.20. The van der Waals surface area contributed by atoms with Crippen LogP contribution in [0.1, 0.15) is 56.5 Å². The van der Waals surface area contributed by atoms with Crippen LogP contribution in [0.2, 0.25) is 0 Å². The van der Waals surface area contributed by atoms with Gasteiger partial charge in [-0.05, 0) is 52.4 Å². The predicted octanol–water partition coefficient (Wildman–Crippen LogP) is 5.94. The maximum Gasteiger partial charge on any atom is 0.343 e. The lowest BCUT2D eigenvalue weighted by atomic mass is 9.87. The van der Waals surface area contributed by atoms with E-state index < -0.39 is 34.0 Å². The Morgan fingerprint density at radius 3 is 2.57 bits per heavy atom. The number of carbonyl (C=O) groups is 1. The highest BCUT2D eigenvalue weighted by Gasteiger charge is 2.40. The molecule has 1 atom stereocenters. The van der Waals surface area contributed by atoms with Crippen LogP contribution in [0.4, 0.5) is 43.3 Å². The van der Waals surface area contributed by atoms with Crippen LogP contribution in [0.25, 0.3) is 0 Å². The Labute approximate surface area is 266 Å². The van der Waals surface area contributed by atoms with Gasteiger partial charge >= 0.3 is 5.97 Å². The second kappa shape index (κ2) is 12.7. The molecule has 0 aliphatic carbocycles. The fourth-order valence-corrected chi connectivity index (χ4v) is 6.20. The molecule has 0 radical (unpaired) electrons. The van der Waals surface area contributed by atoms with Crippen LogP contribution in [0.3, 0.4) is 0 Å². The first kappa shape index (κ1) is 32.8. The highest BCUT2D eigenvalue weighted by atomic mass is 19.2. The van der Waals surface area contributed by atoms with Gasteiger partial charge in [-0.3, -0.25) is 10.1 Å². The number of anilines is 5. The zero-order valence-electron chi connectivity index (χ0n) is 27.1. The monoisotopic (exact) mass is 639 g/mol. The van der Waals surface area contributed by atoms with Gasteiger partial charge in [0.25, 0.3) is 5.69 Å². The molecule has 0 saturated carbocycles. The third kappa shape index (κ3) is 6.39. The topological polar surface area (TPSA) is 126 Å². The SMILES string of the molecule is COc1cc(N2CCC[C@@H]2CN(C)C)c([N+](=O)[O-])cc1Nc1ncc(C(=O)OC(C)C)c(N2CC(C)(C)c3cc(F)c(F)cc32)n1. The molecule has 46 heavy (non-hydrogen) atoms. The Hall–Kier alpha value is -4.59. The van der Waals surface area contributed by atoms with Crippen molar-refractivity contribution in [3.05, 3.63) is 63.3 Å². The number of nitro benzene ring substituents is 1. The molecule has 1 aromatic heterocycles. The molecule has 2 aromatic carbocycles. The molecule has 0 spiro atoms. The Morgan fingerprint density at radius 1 is 1.20 bits per heavy atom. The number of fused-ring (bicyclic) bond motifs is 1. The molecule has 12 nitrogen and oxygen atoms in total. The summed E-state index contributed by atoms with van der Waals surface area (Å²) < 4.78 is 39.9. The van der Waals surface area contributed by atoms with Gasteiger partial charge in [0.15, 0.2) is 17.5 Å². The smallest absolute Gasteiger partial charge is 0.343 e. The maximum absolute atomic E-state index is 14.5. The summed E-state index contributed by atoms with van der Waals surface area (Å²) in [5.74, 6) is -2.28. The van der Waals surface area contributed by atoms with E-state index in [1.807, 2.05) is 32.8 Å². The molecule has 3 aromatic rings. The number of carbonyl (C=O) groups excluding carboxylic acids is 1. The molecule has 246 valence electrons. The fraction of sp³-hybridized carbons (Fsp3) is 0.469. The second-order valence-corrected chi connectivity index (χ2v) is 12.8. The summed E-state index contributed by atoms with van der Waals surface area (Å²) in [5.41, 5.74) is 0.866. The number of aromatic nitrogens is 2. The number of methoxy groups -OCH3 is 1. The molecule has 0 amide bonds. The molecule has 5 rings (SSSR count). The average Bonchev–Trinajstić information content (AvgIpc) is 3.53. The minimum Gasteiger partial charge on any atom is -0.494 e. The number of nitrogens with zero attached hydrogens (tertiary/aromatic N) is 6. The number of nitrogens with one attached hydrogen (secondary N) is 1. The first-order valence-corrected chi connectivity index (χ1v) is 15.1. The lowest BCUT2D eigenvalue weighted by Gasteiger charge is -2.29. The highest BCUT2D eigenvalue weighted by Crippen LogP contribution is 2.46. The summed E-state index contributed by atoms with van der Waals surface area (Å²) in [6, 6.07) is 5.37. The van der Waals surface area contributed by atoms with E-state index in [0.717, 1.165) is 31.5 Å². The number of halogens is 2. The quantitative estimate of drug-likeness (QED) is 0.161. The molecular weight excluding hydrogens is 600 g/mol. The van der Waals surface area contributed by atoms with Crippen molar-refractivity contribution >= 4 is 40.5 Å². The molecule has 14 heteroatoms. The van der Waals surface area contributed by atoms with Crippen molar-refractivity contribution in [3.63, 3.8) is 0 Å². The van der Waals surface area contributed by atoms with Crippen LogP contribution in [-0.2, 0) is 10.2 Å². The Kier molecular flexibility index (Phi) is 9.03.